The molecule has 242 valence electrons. The van der Waals surface area contributed by atoms with Gasteiger partial charge in [0, 0.05) is 30.3 Å². The third-order valence-corrected chi connectivity index (χ3v) is 13.6. The predicted molar refractivity (Wildman–Crippen MR) is 163 cm³/mol. The summed E-state index contributed by atoms with van der Waals surface area (Å²) in [5.74, 6) is -2.28. The van der Waals surface area contributed by atoms with E-state index < -0.39 is 49.6 Å². The molecule has 1 saturated heterocycles. The summed E-state index contributed by atoms with van der Waals surface area (Å²) in [6.45, 7) is 11.8. The van der Waals surface area contributed by atoms with E-state index in [4.69, 9.17) is 14.3 Å². The van der Waals surface area contributed by atoms with Crippen molar-refractivity contribution in [2.75, 3.05) is 18.5 Å². The van der Waals surface area contributed by atoms with Crippen molar-refractivity contribution in [3.8, 4) is 0 Å². The summed E-state index contributed by atoms with van der Waals surface area (Å²) in [7, 11) is -2.26. The van der Waals surface area contributed by atoms with Crippen molar-refractivity contribution >= 4 is 25.9 Å². The number of nitrogens with zero attached hydrogens (tertiary/aromatic N) is 2. The van der Waals surface area contributed by atoms with Crippen molar-refractivity contribution in [1.29, 1.82) is 0 Å². The predicted octanol–water partition coefficient (Wildman–Crippen LogP) is 6.80. The summed E-state index contributed by atoms with van der Waals surface area (Å²) in [6, 6.07) is 8.31. The third kappa shape index (κ3) is 6.85. The van der Waals surface area contributed by atoms with E-state index in [1.54, 1.807) is 4.68 Å². The van der Waals surface area contributed by atoms with Gasteiger partial charge < -0.3 is 19.8 Å². The molecule has 8 nitrogen and oxygen atoms in total. The van der Waals surface area contributed by atoms with Gasteiger partial charge in [-0.3, -0.25) is 9.59 Å². The normalized spacial score (nSPS) is 19.6. The molecule has 2 N–H and O–H groups in total. The molecule has 2 amide bonds. The third-order valence-electron chi connectivity index (χ3n) is 9.07. The molecule has 1 fully saturated rings. The number of carbonyl (C=O) groups excluding carboxylic acids is 2. The molecule has 0 unspecified atom stereocenters. The Labute approximate surface area is 260 Å². The number of rotatable bonds is 7. The second-order valence-corrected chi connectivity index (χ2v) is 17.9. The summed E-state index contributed by atoms with van der Waals surface area (Å²) in [4.78, 5) is 27.2. The van der Waals surface area contributed by atoms with Crippen molar-refractivity contribution in [2.45, 2.75) is 82.5 Å². The lowest BCUT2D eigenvalue weighted by Gasteiger charge is -2.36. The first-order chi connectivity index (χ1) is 21.1. The zero-order valence-electron chi connectivity index (χ0n) is 25.9. The zero-order valence-corrected chi connectivity index (χ0v) is 26.9. The SMILES string of the molecule is CC(C)(C)[Si](C)(C)OCc1nn(C2CCOCC2)c2c1[C@@H](c1ccc(F)cc1)[C@@H](NC(=O)c1cccc(C(F)(F)F)c1)C(=O)N2. The van der Waals surface area contributed by atoms with Crippen LogP contribution in [0, 0.1) is 5.82 Å². The molecule has 0 bridgehead atoms. The highest BCUT2D eigenvalue weighted by Crippen LogP contribution is 2.44. The summed E-state index contributed by atoms with van der Waals surface area (Å²) >= 11 is 0. The quantitative estimate of drug-likeness (QED) is 0.218. The number of fused-ring (bicyclic) bond motifs is 1. The van der Waals surface area contributed by atoms with Crippen LogP contribution in [0.1, 0.15) is 78.3 Å². The highest BCUT2D eigenvalue weighted by molar-refractivity contribution is 6.74. The lowest BCUT2D eigenvalue weighted by atomic mass is 9.81. The first kappa shape index (κ1) is 32.8. The van der Waals surface area contributed by atoms with Crippen molar-refractivity contribution in [3.63, 3.8) is 0 Å². The molecule has 2 aliphatic heterocycles. The number of alkyl halides is 3. The molecule has 2 aromatic carbocycles. The molecular formula is C32H38F4N4O4Si. The fraction of sp³-hybridized carbons (Fsp3) is 0.469. The van der Waals surface area contributed by atoms with Gasteiger partial charge in [-0.25, -0.2) is 9.07 Å². The molecule has 1 aromatic heterocycles. The van der Waals surface area contributed by atoms with Crippen LogP contribution in [-0.4, -0.2) is 49.2 Å². The number of benzene rings is 2. The van der Waals surface area contributed by atoms with Gasteiger partial charge in [0.25, 0.3) is 5.91 Å². The number of carbonyl (C=O) groups is 2. The second-order valence-electron chi connectivity index (χ2n) is 13.1. The van der Waals surface area contributed by atoms with Gasteiger partial charge in [-0.15, -0.1) is 0 Å². The van der Waals surface area contributed by atoms with Crippen molar-refractivity contribution in [3.05, 3.63) is 82.3 Å². The lowest BCUT2D eigenvalue weighted by molar-refractivity contribution is -0.137. The van der Waals surface area contributed by atoms with Gasteiger partial charge in [-0.1, -0.05) is 39.0 Å². The van der Waals surface area contributed by atoms with Crippen LogP contribution in [0.3, 0.4) is 0 Å². The minimum atomic E-state index is -4.65. The average Bonchev–Trinajstić information content (AvgIpc) is 3.34. The van der Waals surface area contributed by atoms with Crippen LogP contribution in [0.5, 0.6) is 0 Å². The van der Waals surface area contributed by atoms with E-state index in [1.165, 1.54) is 30.3 Å². The van der Waals surface area contributed by atoms with Gasteiger partial charge >= 0.3 is 6.18 Å². The molecule has 2 aliphatic rings. The number of hydrogen-bond donors (Lipinski definition) is 2. The van der Waals surface area contributed by atoms with Crippen LogP contribution in [-0.2, 0) is 26.7 Å². The van der Waals surface area contributed by atoms with Gasteiger partial charge in [0.15, 0.2) is 8.32 Å². The molecule has 45 heavy (non-hydrogen) atoms. The van der Waals surface area contributed by atoms with Crippen LogP contribution in [0.4, 0.5) is 23.4 Å². The van der Waals surface area contributed by atoms with Crippen LogP contribution >= 0.6 is 0 Å². The highest BCUT2D eigenvalue weighted by Gasteiger charge is 2.44. The first-order valence-electron chi connectivity index (χ1n) is 14.9. The topological polar surface area (TPSA) is 94.5 Å². The summed E-state index contributed by atoms with van der Waals surface area (Å²) in [6.07, 6.45) is -3.31. The van der Waals surface area contributed by atoms with Crippen LogP contribution in [0.25, 0.3) is 0 Å². The molecule has 0 saturated carbocycles. The Kier molecular flexibility index (Phi) is 8.99. The molecule has 0 spiro atoms. The molecule has 0 radical (unpaired) electrons. The van der Waals surface area contributed by atoms with E-state index in [0.717, 1.165) is 18.2 Å². The molecular weight excluding hydrogens is 608 g/mol. The smallest absolute Gasteiger partial charge is 0.411 e. The summed E-state index contributed by atoms with van der Waals surface area (Å²) in [5.41, 5.74) is 0.473. The van der Waals surface area contributed by atoms with Crippen LogP contribution < -0.4 is 10.6 Å². The van der Waals surface area contributed by atoms with E-state index in [0.29, 0.717) is 48.7 Å². The van der Waals surface area contributed by atoms with Crippen molar-refractivity contribution in [1.82, 2.24) is 15.1 Å². The number of ether oxygens (including phenoxy) is 1. The number of nitrogens with one attached hydrogen (secondary N) is 2. The van der Waals surface area contributed by atoms with Gasteiger partial charge in [0.2, 0.25) is 5.91 Å². The largest absolute Gasteiger partial charge is 0.416 e. The average molecular weight is 647 g/mol. The fourth-order valence-corrected chi connectivity index (χ4v) is 6.39. The Morgan fingerprint density at radius 3 is 2.40 bits per heavy atom. The Morgan fingerprint density at radius 1 is 1.11 bits per heavy atom. The molecule has 5 rings (SSSR count). The first-order valence-corrected chi connectivity index (χ1v) is 17.8. The minimum Gasteiger partial charge on any atom is -0.411 e. The monoisotopic (exact) mass is 646 g/mol. The molecule has 2 atom stereocenters. The maximum atomic E-state index is 14.1. The number of hydrogen-bond acceptors (Lipinski definition) is 5. The van der Waals surface area contributed by atoms with Crippen molar-refractivity contribution < 1.29 is 36.3 Å². The Balaban J connectivity index is 1.61. The van der Waals surface area contributed by atoms with E-state index in [2.05, 4.69) is 44.5 Å². The standard InChI is InChI=1S/C32H38F4N4O4Si/c1-31(2,3)45(4,5)44-18-24-26-25(19-9-11-22(33)12-10-19)27(37-29(41)20-7-6-8-21(17-20)32(34,35)36)30(42)38-28(26)40(39-24)23-13-15-43-16-14-23/h6-12,17,23,25,27H,13-16,18H2,1-5H3,(H,37,41)(H,38,42)/t25-,27-/m1/s1. The number of aromatic nitrogens is 2. The molecule has 3 aromatic rings. The summed E-state index contributed by atoms with van der Waals surface area (Å²) < 4.78 is 68.3. The van der Waals surface area contributed by atoms with E-state index in [9.17, 15) is 27.2 Å². The number of amides is 2. The van der Waals surface area contributed by atoms with Gasteiger partial charge in [-0.2, -0.15) is 18.3 Å². The van der Waals surface area contributed by atoms with Gasteiger partial charge in [0.1, 0.15) is 17.7 Å². The Morgan fingerprint density at radius 2 is 1.78 bits per heavy atom. The van der Waals surface area contributed by atoms with E-state index in [-0.39, 0.29) is 23.3 Å². The maximum Gasteiger partial charge on any atom is 0.416 e. The van der Waals surface area contributed by atoms with Crippen LogP contribution in [0.15, 0.2) is 48.5 Å². The molecule has 13 heteroatoms. The maximum absolute atomic E-state index is 14.1. The zero-order chi connectivity index (χ0) is 32.7. The van der Waals surface area contributed by atoms with E-state index >= 15 is 0 Å². The van der Waals surface area contributed by atoms with Gasteiger partial charge in [0.05, 0.1) is 23.9 Å². The fourth-order valence-electron chi connectivity index (χ4n) is 5.46. The molecule has 0 aliphatic carbocycles. The Hall–Kier alpha value is -3.55. The molecule has 3 heterocycles. The number of halogens is 4. The Bertz CT molecular complexity index is 1560. The van der Waals surface area contributed by atoms with Crippen molar-refractivity contribution in [2.24, 2.45) is 0 Å². The minimum absolute atomic E-state index is 0.0699. The number of anilines is 1. The highest BCUT2D eigenvalue weighted by atomic mass is 28.4. The van der Waals surface area contributed by atoms with Crippen LogP contribution in [0.2, 0.25) is 18.1 Å². The summed E-state index contributed by atoms with van der Waals surface area (Å²) in [5, 5.41) is 10.5. The lowest BCUT2D eigenvalue weighted by Crippen LogP contribution is -2.51. The van der Waals surface area contributed by atoms with E-state index in [1.807, 2.05) is 0 Å². The second kappa shape index (κ2) is 12.3. The van der Waals surface area contributed by atoms with Gasteiger partial charge in [-0.05, 0) is 66.9 Å².